The molecule has 3 nitrogen and oxygen atoms in total. The van der Waals surface area contributed by atoms with Crippen molar-refractivity contribution in [2.24, 2.45) is 11.7 Å². The van der Waals surface area contributed by atoms with E-state index in [-0.39, 0.29) is 0 Å². The van der Waals surface area contributed by atoms with Gasteiger partial charge >= 0.3 is 0 Å². The summed E-state index contributed by atoms with van der Waals surface area (Å²) in [5.74, 6) is 0.808. The predicted octanol–water partition coefficient (Wildman–Crippen LogP) is 2.91. The van der Waals surface area contributed by atoms with Crippen LogP contribution in [0.15, 0.2) is 5.38 Å². The Bertz CT molecular complexity index is 299. The minimum Gasteiger partial charge on any atom is -0.325 e. The second kappa shape index (κ2) is 8.61. The highest BCUT2D eigenvalue weighted by Gasteiger charge is 2.06. The van der Waals surface area contributed by atoms with Gasteiger partial charge in [0.1, 0.15) is 5.01 Å². The van der Waals surface area contributed by atoms with Gasteiger partial charge in [0.25, 0.3) is 0 Å². The molecule has 0 fully saturated rings. The molecular formula is C13H25N3S. The van der Waals surface area contributed by atoms with Crippen LogP contribution in [0.1, 0.15) is 50.2 Å². The Balaban J connectivity index is 2.21. The summed E-state index contributed by atoms with van der Waals surface area (Å²) < 4.78 is 0. The Morgan fingerprint density at radius 1 is 1.47 bits per heavy atom. The molecule has 1 aromatic heterocycles. The summed E-state index contributed by atoms with van der Waals surface area (Å²) in [6.45, 7) is 7.06. The zero-order chi connectivity index (χ0) is 12.5. The van der Waals surface area contributed by atoms with E-state index in [0.717, 1.165) is 29.7 Å². The lowest BCUT2D eigenvalue weighted by atomic mass is 9.99. The molecule has 1 heterocycles. The minimum absolute atomic E-state index is 0.554. The molecule has 1 atom stereocenters. The van der Waals surface area contributed by atoms with Crippen molar-refractivity contribution >= 4 is 11.3 Å². The molecule has 0 saturated heterocycles. The average Bonchev–Trinajstić information content (AvgIpc) is 2.81. The third-order valence-corrected chi connectivity index (χ3v) is 3.98. The van der Waals surface area contributed by atoms with E-state index in [1.54, 1.807) is 11.3 Å². The number of hydrogen-bond acceptors (Lipinski definition) is 4. The van der Waals surface area contributed by atoms with Gasteiger partial charge in [0.05, 0.1) is 5.69 Å². The molecule has 0 aliphatic carbocycles. The maximum absolute atomic E-state index is 5.54. The van der Waals surface area contributed by atoms with Crippen LogP contribution in [0.5, 0.6) is 0 Å². The van der Waals surface area contributed by atoms with Crippen LogP contribution in [0.4, 0.5) is 0 Å². The molecule has 0 spiro atoms. The SMILES string of the molecule is CCCCC(CC)CNCc1csc(CN)n1. The maximum atomic E-state index is 5.54. The Kier molecular flexibility index (Phi) is 7.40. The van der Waals surface area contributed by atoms with Crippen molar-refractivity contribution in [1.29, 1.82) is 0 Å². The van der Waals surface area contributed by atoms with Gasteiger partial charge in [-0.2, -0.15) is 0 Å². The number of rotatable bonds is 9. The van der Waals surface area contributed by atoms with Crippen LogP contribution in [-0.2, 0) is 13.1 Å². The van der Waals surface area contributed by atoms with E-state index in [1.165, 1.54) is 25.7 Å². The molecular weight excluding hydrogens is 230 g/mol. The lowest BCUT2D eigenvalue weighted by molar-refractivity contribution is 0.418. The molecule has 1 rings (SSSR count). The molecule has 1 aromatic rings. The number of nitrogens with two attached hydrogens (primary N) is 1. The molecule has 0 aromatic carbocycles. The Hall–Kier alpha value is -0.450. The van der Waals surface area contributed by atoms with Gasteiger partial charge in [-0.1, -0.05) is 33.1 Å². The van der Waals surface area contributed by atoms with Crippen molar-refractivity contribution in [2.75, 3.05) is 6.54 Å². The summed E-state index contributed by atoms with van der Waals surface area (Å²) in [6, 6.07) is 0. The minimum atomic E-state index is 0.554. The van der Waals surface area contributed by atoms with E-state index >= 15 is 0 Å². The highest BCUT2D eigenvalue weighted by molar-refractivity contribution is 7.09. The van der Waals surface area contributed by atoms with E-state index < -0.39 is 0 Å². The third kappa shape index (κ3) is 5.61. The van der Waals surface area contributed by atoms with Crippen molar-refractivity contribution in [3.8, 4) is 0 Å². The first-order valence-electron chi connectivity index (χ1n) is 6.64. The lowest BCUT2D eigenvalue weighted by Crippen LogP contribution is -2.22. The normalized spacial score (nSPS) is 12.9. The van der Waals surface area contributed by atoms with Crippen molar-refractivity contribution in [1.82, 2.24) is 10.3 Å². The number of unbranched alkanes of at least 4 members (excludes halogenated alkanes) is 1. The lowest BCUT2D eigenvalue weighted by Gasteiger charge is -2.14. The van der Waals surface area contributed by atoms with E-state index in [9.17, 15) is 0 Å². The van der Waals surface area contributed by atoms with Gasteiger partial charge in [0.15, 0.2) is 0 Å². The van der Waals surface area contributed by atoms with Crippen molar-refractivity contribution in [3.63, 3.8) is 0 Å². The molecule has 0 bridgehead atoms. The first-order valence-corrected chi connectivity index (χ1v) is 7.52. The second-order valence-corrected chi connectivity index (χ2v) is 5.43. The van der Waals surface area contributed by atoms with Crippen LogP contribution in [0.2, 0.25) is 0 Å². The van der Waals surface area contributed by atoms with Crippen LogP contribution in [0.3, 0.4) is 0 Å². The van der Waals surface area contributed by atoms with Crippen LogP contribution in [-0.4, -0.2) is 11.5 Å². The van der Waals surface area contributed by atoms with Gasteiger partial charge in [-0.25, -0.2) is 4.98 Å². The summed E-state index contributed by atoms with van der Waals surface area (Å²) in [5.41, 5.74) is 6.67. The molecule has 0 radical (unpaired) electrons. The fraction of sp³-hybridized carbons (Fsp3) is 0.769. The van der Waals surface area contributed by atoms with E-state index in [1.807, 2.05) is 0 Å². The fourth-order valence-electron chi connectivity index (χ4n) is 1.87. The zero-order valence-electron chi connectivity index (χ0n) is 11.0. The Labute approximate surface area is 109 Å². The summed E-state index contributed by atoms with van der Waals surface area (Å²) >= 11 is 1.65. The highest BCUT2D eigenvalue weighted by Crippen LogP contribution is 2.12. The van der Waals surface area contributed by atoms with Crippen LogP contribution >= 0.6 is 11.3 Å². The molecule has 0 saturated carbocycles. The Morgan fingerprint density at radius 2 is 2.29 bits per heavy atom. The van der Waals surface area contributed by atoms with Gasteiger partial charge in [-0.05, 0) is 18.9 Å². The van der Waals surface area contributed by atoms with E-state index in [0.29, 0.717) is 6.54 Å². The maximum Gasteiger partial charge on any atom is 0.106 e. The summed E-state index contributed by atoms with van der Waals surface area (Å²) in [5, 5.41) is 6.63. The van der Waals surface area contributed by atoms with Crippen molar-refractivity contribution < 1.29 is 0 Å². The second-order valence-electron chi connectivity index (χ2n) is 4.48. The number of nitrogens with zero attached hydrogens (tertiary/aromatic N) is 1. The van der Waals surface area contributed by atoms with E-state index in [4.69, 9.17) is 5.73 Å². The summed E-state index contributed by atoms with van der Waals surface area (Å²) in [6.07, 6.45) is 5.24. The van der Waals surface area contributed by atoms with Crippen LogP contribution < -0.4 is 11.1 Å². The molecule has 4 heteroatoms. The topological polar surface area (TPSA) is 50.9 Å². The van der Waals surface area contributed by atoms with Crippen molar-refractivity contribution in [2.45, 2.75) is 52.6 Å². The van der Waals surface area contributed by atoms with Gasteiger partial charge in [-0.15, -0.1) is 11.3 Å². The number of aromatic nitrogens is 1. The number of hydrogen-bond donors (Lipinski definition) is 2. The number of nitrogens with one attached hydrogen (secondary N) is 1. The summed E-state index contributed by atoms with van der Waals surface area (Å²) in [4.78, 5) is 4.44. The molecule has 17 heavy (non-hydrogen) atoms. The molecule has 0 amide bonds. The fourth-order valence-corrected chi connectivity index (χ4v) is 2.55. The largest absolute Gasteiger partial charge is 0.325 e. The molecule has 98 valence electrons. The monoisotopic (exact) mass is 255 g/mol. The molecule has 0 aliphatic rings. The quantitative estimate of drug-likeness (QED) is 0.713. The average molecular weight is 255 g/mol. The van der Waals surface area contributed by atoms with Gasteiger partial charge in [-0.3, -0.25) is 0 Å². The van der Waals surface area contributed by atoms with Gasteiger partial charge in [0.2, 0.25) is 0 Å². The molecule has 1 unspecified atom stereocenters. The van der Waals surface area contributed by atoms with E-state index in [2.05, 4.69) is 29.5 Å². The van der Waals surface area contributed by atoms with Crippen molar-refractivity contribution in [3.05, 3.63) is 16.1 Å². The first kappa shape index (κ1) is 14.6. The van der Waals surface area contributed by atoms with Gasteiger partial charge < -0.3 is 11.1 Å². The predicted molar refractivity (Wildman–Crippen MR) is 75.0 cm³/mol. The molecule has 0 aliphatic heterocycles. The first-order chi connectivity index (χ1) is 8.30. The standard InChI is InChI=1S/C13H25N3S/c1-3-5-6-11(4-2)8-15-9-12-10-17-13(7-14)16-12/h10-11,15H,3-9,14H2,1-2H3. The highest BCUT2D eigenvalue weighted by atomic mass is 32.1. The zero-order valence-corrected chi connectivity index (χ0v) is 11.9. The Morgan fingerprint density at radius 3 is 2.88 bits per heavy atom. The number of thiazole rings is 1. The van der Waals surface area contributed by atoms with Crippen LogP contribution in [0.25, 0.3) is 0 Å². The van der Waals surface area contributed by atoms with Gasteiger partial charge in [0, 0.05) is 18.5 Å². The molecule has 3 N–H and O–H groups in total. The smallest absolute Gasteiger partial charge is 0.106 e. The third-order valence-electron chi connectivity index (χ3n) is 3.06. The summed E-state index contributed by atoms with van der Waals surface area (Å²) in [7, 11) is 0. The van der Waals surface area contributed by atoms with Crippen LogP contribution in [0, 0.1) is 5.92 Å².